The van der Waals surface area contributed by atoms with Gasteiger partial charge in [-0.05, 0) is 22.8 Å². The van der Waals surface area contributed by atoms with Crippen LogP contribution in [0, 0.1) is 45.3 Å². The number of allylic oxidation sites excluding steroid dienone is 5. The van der Waals surface area contributed by atoms with Crippen LogP contribution in [0.25, 0.3) is 39.0 Å². The monoisotopic (exact) mass is 453 g/mol. The third-order valence-corrected chi connectivity index (χ3v) is 6.31. The van der Waals surface area contributed by atoms with Gasteiger partial charge in [-0.25, -0.2) is 4.98 Å². The zero-order valence-corrected chi connectivity index (χ0v) is 18.2. The summed E-state index contributed by atoms with van der Waals surface area (Å²) in [6.07, 6.45) is 1.70. The van der Waals surface area contributed by atoms with Gasteiger partial charge in [0.25, 0.3) is 0 Å². The molecule has 2 aromatic heterocycles. The van der Waals surface area contributed by atoms with Crippen molar-refractivity contribution >= 4 is 39.0 Å². The quantitative estimate of drug-likeness (QED) is 0.330. The summed E-state index contributed by atoms with van der Waals surface area (Å²) in [5, 5.41) is 39.1. The molecule has 6 nitrogen and oxygen atoms in total. The van der Waals surface area contributed by atoms with Gasteiger partial charge in [-0.15, -0.1) is 11.3 Å². The van der Waals surface area contributed by atoms with Crippen molar-refractivity contribution in [2.24, 2.45) is 0 Å². The van der Waals surface area contributed by atoms with E-state index in [1.54, 1.807) is 30.3 Å². The van der Waals surface area contributed by atoms with E-state index in [1.807, 2.05) is 60.7 Å². The van der Waals surface area contributed by atoms with Gasteiger partial charge in [0.1, 0.15) is 46.2 Å². The van der Waals surface area contributed by atoms with Gasteiger partial charge in [-0.2, -0.15) is 21.0 Å². The average Bonchev–Trinajstić information content (AvgIpc) is 3.53. The third-order valence-electron chi connectivity index (χ3n) is 5.38. The van der Waals surface area contributed by atoms with Gasteiger partial charge in [0, 0.05) is 22.8 Å². The van der Waals surface area contributed by atoms with Crippen molar-refractivity contribution < 1.29 is 4.42 Å². The first-order chi connectivity index (χ1) is 16.7. The number of aromatic nitrogens is 1. The Hall–Kier alpha value is -5.21. The van der Waals surface area contributed by atoms with Gasteiger partial charge in [0.2, 0.25) is 5.71 Å². The first-order valence-electron chi connectivity index (χ1n) is 10.1. The molecule has 0 bridgehead atoms. The smallest absolute Gasteiger partial charge is 0.238 e. The number of nitriles is 4. The summed E-state index contributed by atoms with van der Waals surface area (Å²) in [6.45, 7) is 0. The molecule has 0 saturated heterocycles. The summed E-state index contributed by atoms with van der Waals surface area (Å²) in [4.78, 5) is 4.57. The highest BCUT2D eigenvalue weighted by atomic mass is 32.1. The van der Waals surface area contributed by atoms with E-state index in [2.05, 4.69) is 4.98 Å². The molecule has 0 spiro atoms. The van der Waals surface area contributed by atoms with Gasteiger partial charge in [-0.3, -0.25) is 0 Å². The normalized spacial score (nSPS) is 11.8. The molecule has 2 aromatic carbocycles. The van der Waals surface area contributed by atoms with Gasteiger partial charge in [0.05, 0.1) is 4.70 Å². The topological polar surface area (TPSA) is 121 Å². The summed E-state index contributed by atoms with van der Waals surface area (Å²) in [5.41, 5.74) is 3.65. The van der Waals surface area contributed by atoms with Crippen molar-refractivity contribution in [1.82, 2.24) is 4.98 Å². The second-order valence-electron chi connectivity index (χ2n) is 7.25. The Kier molecular flexibility index (Phi) is 5.10. The van der Waals surface area contributed by atoms with Gasteiger partial charge in [-0.1, -0.05) is 54.6 Å². The molecule has 0 amide bonds. The lowest BCUT2D eigenvalue weighted by Crippen LogP contribution is -1.89. The van der Waals surface area contributed by atoms with E-state index in [9.17, 15) is 21.0 Å². The van der Waals surface area contributed by atoms with E-state index in [0.29, 0.717) is 44.3 Å². The molecule has 0 unspecified atom stereocenters. The Labute approximate surface area is 198 Å². The second-order valence-corrected chi connectivity index (χ2v) is 8.31. The Bertz CT molecular complexity index is 1600. The fraction of sp³-hybridized carbons (Fsp3) is 0. The van der Waals surface area contributed by atoms with Gasteiger partial charge >= 0.3 is 0 Å². The lowest BCUT2D eigenvalue weighted by molar-refractivity contribution is 0.619. The van der Waals surface area contributed by atoms with Crippen LogP contribution >= 0.6 is 11.3 Å². The minimum atomic E-state index is -0.101. The predicted molar refractivity (Wildman–Crippen MR) is 128 cm³/mol. The number of fused-ring (bicyclic) bond motifs is 2. The molecule has 1 aliphatic rings. The highest BCUT2D eigenvalue weighted by molar-refractivity contribution is 7.19. The van der Waals surface area contributed by atoms with Crippen LogP contribution in [0.2, 0.25) is 0 Å². The van der Waals surface area contributed by atoms with Crippen molar-refractivity contribution in [2.45, 2.75) is 0 Å². The van der Waals surface area contributed by atoms with Crippen LogP contribution in [-0.2, 0) is 0 Å². The summed E-state index contributed by atoms with van der Waals surface area (Å²) < 4.78 is 6.76. The van der Waals surface area contributed by atoms with E-state index >= 15 is 0 Å². The van der Waals surface area contributed by atoms with Crippen LogP contribution in [0.5, 0.6) is 0 Å². The molecule has 0 radical (unpaired) electrons. The molecule has 0 aliphatic heterocycles. The first-order valence-corrected chi connectivity index (χ1v) is 10.9. The molecule has 34 heavy (non-hydrogen) atoms. The number of thiazole rings is 1. The molecule has 1 aliphatic carbocycles. The standard InChI is InChI=1S/C27H11N5OS/c28-12-17(13-29)25-19-8-4-5-9-20(19)26(18(14-30)15-31)21(25)10-24-32-27-23(34-24)11-22(33-27)16-6-2-1-3-7-16/h1-11H. The van der Waals surface area contributed by atoms with Crippen molar-refractivity contribution in [3.05, 3.63) is 93.5 Å². The number of hydrogen-bond donors (Lipinski definition) is 0. The molecular formula is C27H11N5OS. The van der Waals surface area contributed by atoms with Crippen LogP contribution in [0.3, 0.4) is 0 Å². The number of rotatable bonds is 2. The van der Waals surface area contributed by atoms with Crippen LogP contribution < -0.4 is 0 Å². The van der Waals surface area contributed by atoms with Crippen LogP contribution in [0.15, 0.2) is 81.8 Å². The number of nitrogens with zero attached hydrogens (tertiary/aromatic N) is 5. The molecule has 156 valence electrons. The molecular weight excluding hydrogens is 442 g/mol. The van der Waals surface area contributed by atoms with E-state index in [4.69, 9.17) is 4.42 Å². The fourth-order valence-corrected chi connectivity index (χ4v) is 4.84. The molecule has 0 fully saturated rings. The lowest BCUT2D eigenvalue weighted by Gasteiger charge is -2.04. The number of benzene rings is 2. The molecule has 0 atom stereocenters. The van der Waals surface area contributed by atoms with Crippen molar-refractivity contribution in [3.63, 3.8) is 0 Å². The molecule has 5 rings (SSSR count). The van der Waals surface area contributed by atoms with Gasteiger partial charge in [0.15, 0.2) is 0 Å². The lowest BCUT2D eigenvalue weighted by atomic mass is 9.96. The number of furan rings is 1. The minimum Gasteiger partial charge on any atom is -0.437 e. The molecule has 0 saturated carbocycles. The Morgan fingerprint density at radius 1 is 0.794 bits per heavy atom. The highest BCUT2D eigenvalue weighted by Crippen LogP contribution is 2.49. The largest absolute Gasteiger partial charge is 0.437 e. The maximum absolute atomic E-state index is 9.62. The number of hydrogen-bond acceptors (Lipinski definition) is 7. The predicted octanol–water partition coefficient (Wildman–Crippen LogP) is 6.26. The summed E-state index contributed by atoms with van der Waals surface area (Å²) in [5.74, 6) is 0.704. The SMILES string of the molecule is N#CC(C#N)=C1C(=Cc2nc3oc(-c4ccccc4)cc3s2)C(=C(C#N)C#N)c2ccccc21. The first kappa shape index (κ1) is 20.7. The van der Waals surface area contributed by atoms with Crippen LogP contribution in [-0.4, -0.2) is 4.98 Å². The zero-order chi connectivity index (χ0) is 23.7. The Morgan fingerprint density at radius 2 is 1.35 bits per heavy atom. The zero-order valence-electron chi connectivity index (χ0n) is 17.4. The Morgan fingerprint density at radius 3 is 1.88 bits per heavy atom. The maximum Gasteiger partial charge on any atom is 0.238 e. The summed E-state index contributed by atoms with van der Waals surface area (Å²) in [6, 6.07) is 26.5. The Balaban J connectivity index is 1.73. The molecule has 2 heterocycles. The van der Waals surface area contributed by atoms with Gasteiger partial charge < -0.3 is 4.42 Å². The van der Waals surface area contributed by atoms with Crippen LogP contribution in [0.4, 0.5) is 0 Å². The van der Waals surface area contributed by atoms with E-state index < -0.39 is 0 Å². The molecule has 0 N–H and O–H groups in total. The van der Waals surface area contributed by atoms with E-state index in [1.165, 1.54) is 11.3 Å². The molecule has 7 heteroatoms. The van der Waals surface area contributed by atoms with E-state index in [-0.39, 0.29) is 11.1 Å². The van der Waals surface area contributed by atoms with Crippen molar-refractivity contribution in [2.75, 3.05) is 0 Å². The summed E-state index contributed by atoms with van der Waals surface area (Å²) >= 11 is 1.38. The fourth-order valence-electron chi connectivity index (χ4n) is 3.97. The molecule has 4 aromatic rings. The minimum absolute atomic E-state index is 0.101. The maximum atomic E-state index is 9.62. The average molecular weight is 453 g/mol. The van der Waals surface area contributed by atoms with E-state index in [0.717, 1.165) is 10.3 Å². The van der Waals surface area contributed by atoms with Crippen molar-refractivity contribution in [3.8, 4) is 35.6 Å². The van der Waals surface area contributed by atoms with Crippen LogP contribution in [0.1, 0.15) is 16.1 Å². The second kappa shape index (κ2) is 8.38. The third kappa shape index (κ3) is 3.27. The van der Waals surface area contributed by atoms with Crippen molar-refractivity contribution in [1.29, 1.82) is 21.0 Å². The highest BCUT2D eigenvalue weighted by Gasteiger charge is 2.32. The summed E-state index contributed by atoms with van der Waals surface area (Å²) in [7, 11) is 0.